The van der Waals surface area contributed by atoms with Crippen LogP contribution in [0.3, 0.4) is 0 Å². The molecule has 0 aliphatic heterocycles. The third-order valence-electron chi connectivity index (χ3n) is 0.965. The Morgan fingerprint density at radius 3 is 2.60 bits per heavy atom. The van der Waals surface area contributed by atoms with Crippen molar-refractivity contribution in [3.63, 3.8) is 0 Å². The molecule has 0 unspecified atom stereocenters. The highest BCUT2D eigenvalue weighted by Gasteiger charge is 1.90. The van der Waals surface area contributed by atoms with Gasteiger partial charge in [0.2, 0.25) is 5.91 Å². The van der Waals surface area contributed by atoms with E-state index >= 15 is 0 Å². The second-order valence-corrected chi connectivity index (χ2v) is 1.90. The Morgan fingerprint density at radius 1 is 1.50 bits per heavy atom. The molecule has 1 rings (SSSR count). The number of carbonyl (C=O) groups excluding carboxylic acids is 1. The minimum atomic E-state index is -0.0759. The number of hydrogen-bond donors (Lipinski definition) is 1. The molecular weight excluding hydrogens is 126 g/mol. The fraction of sp³-hybridized carbons (Fsp3) is 0.125. The van der Waals surface area contributed by atoms with Crippen LogP contribution in [0.2, 0.25) is 0 Å². The van der Waals surface area contributed by atoms with Crippen molar-refractivity contribution in [2.45, 2.75) is 6.92 Å². The molecule has 10 heavy (non-hydrogen) atoms. The van der Waals surface area contributed by atoms with Crippen molar-refractivity contribution < 1.29 is 4.79 Å². The average Bonchev–Trinajstić information content (AvgIpc) is 1.88. The van der Waals surface area contributed by atoms with Gasteiger partial charge in [-0.05, 0) is 30.3 Å². The summed E-state index contributed by atoms with van der Waals surface area (Å²) >= 11 is 0. The quantitative estimate of drug-likeness (QED) is 0.613. The van der Waals surface area contributed by atoms with Crippen molar-refractivity contribution in [3.05, 3.63) is 30.3 Å². The van der Waals surface area contributed by atoms with E-state index in [2.05, 4.69) is 17.4 Å². The van der Waals surface area contributed by atoms with Crippen molar-refractivity contribution in [2.75, 3.05) is 5.32 Å². The van der Waals surface area contributed by atoms with Crippen LogP contribution in [0, 0.1) is 12.1 Å². The van der Waals surface area contributed by atoms with E-state index in [1.165, 1.54) is 6.92 Å². The second-order valence-electron chi connectivity index (χ2n) is 1.90. The molecule has 1 aromatic rings. The van der Waals surface area contributed by atoms with Crippen molar-refractivity contribution in [1.82, 2.24) is 0 Å². The van der Waals surface area contributed by atoms with E-state index in [4.69, 9.17) is 0 Å². The molecule has 1 amide bonds. The third kappa shape index (κ3) is 1.90. The molecule has 1 aromatic carbocycles. The fourth-order valence-corrected chi connectivity index (χ4v) is 0.628. The smallest absolute Gasteiger partial charge is 0.221 e. The zero-order valence-corrected chi connectivity index (χ0v) is 5.64. The van der Waals surface area contributed by atoms with Gasteiger partial charge in [-0.15, -0.1) is 0 Å². The Labute approximate surface area is 59.9 Å². The van der Waals surface area contributed by atoms with Crippen molar-refractivity contribution in [2.24, 2.45) is 0 Å². The number of hydrogen-bond acceptors (Lipinski definition) is 1. The SMILES string of the molecule is CC(=O)Nc1c[c]c[c]c1. The first-order valence-corrected chi connectivity index (χ1v) is 2.94. The highest BCUT2D eigenvalue weighted by Crippen LogP contribution is 2.02. The van der Waals surface area contributed by atoms with E-state index in [1.54, 1.807) is 18.2 Å². The van der Waals surface area contributed by atoms with E-state index in [-0.39, 0.29) is 5.91 Å². The van der Waals surface area contributed by atoms with Gasteiger partial charge in [0.25, 0.3) is 0 Å². The molecule has 2 radical (unpaired) electrons. The Morgan fingerprint density at radius 2 is 2.10 bits per heavy atom. The van der Waals surface area contributed by atoms with Gasteiger partial charge in [-0.1, -0.05) is 0 Å². The number of amides is 1. The summed E-state index contributed by atoms with van der Waals surface area (Å²) in [5, 5.41) is 2.60. The predicted molar refractivity (Wildman–Crippen MR) is 38.4 cm³/mol. The molecule has 50 valence electrons. The molecule has 2 heteroatoms. The van der Waals surface area contributed by atoms with Crippen LogP contribution in [0.4, 0.5) is 5.69 Å². The van der Waals surface area contributed by atoms with Crippen LogP contribution < -0.4 is 5.32 Å². The molecule has 1 N–H and O–H groups in total. The van der Waals surface area contributed by atoms with Gasteiger partial charge in [-0.25, -0.2) is 0 Å². The maximum absolute atomic E-state index is 10.5. The minimum Gasteiger partial charge on any atom is -0.326 e. The zero-order valence-electron chi connectivity index (χ0n) is 5.64. The van der Waals surface area contributed by atoms with Crippen molar-refractivity contribution in [3.8, 4) is 0 Å². The first-order chi connectivity index (χ1) is 4.79. The summed E-state index contributed by atoms with van der Waals surface area (Å²) < 4.78 is 0. The maximum Gasteiger partial charge on any atom is 0.221 e. The highest BCUT2D eigenvalue weighted by molar-refractivity contribution is 5.88. The van der Waals surface area contributed by atoms with E-state index < -0.39 is 0 Å². The van der Waals surface area contributed by atoms with Crippen LogP contribution in [0.1, 0.15) is 6.92 Å². The number of benzene rings is 1. The van der Waals surface area contributed by atoms with E-state index in [0.717, 1.165) is 5.69 Å². The molecule has 0 spiro atoms. The molecule has 0 saturated carbocycles. The molecule has 0 heterocycles. The van der Waals surface area contributed by atoms with Crippen LogP contribution in [0.5, 0.6) is 0 Å². The standard InChI is InChI=1S/C8H7NO/c1-7(10)9-8-5-3-2-4-6-8/h2,5-6H,1H3,(H,9,10). The Hall–Kier alpha value is -1.31. The highest BCUT2D eigenvalue weighted by atomic mass is 16.1. The number of carbonyl (C=O) groups is 1. The van der Waals surface area contributed by atoms with Crippen LogP contribution in [-0.2, 0) is 4.79 Å². The Balaban J connectivity index is 2.67. The summed E-state index contributed by atoms with van der Waals surface area (Å²) in [6.07, 6.45) is 0. The molecule has 0 bridgehead atoms. The van der Waals surface area contributed by atoms with Gasteiger partial charge >= 0.3 is 0 Å². The van der Waals surface area contributed by atoms with Gasteiger partial charge < -0.3 is 5.32 Å². The summed E-state index contributed by atoms with van der Waals surface area (Å²) in [6, 6.07) is 10.6. The average molecular weight is 133 g/mol. The molecular formula is C8H7NO. The molecule has 0 atom stereocenters. The van der Waals surface area contributed by atoms with E-state index in [0.29, 0.717) is 0 Å². The van der Waals surface area contributed by atoms with Gasteiger partial charge in [-0.3, -0.25) is 4.79 Å². The zero-order chi connectivity index (χ0) is 7.40. The van der Waals surface area contributed by atoms with Gasteiger partial charge in [0, 0.05) is 12.6 Å². The lowest BCUT2D eigenvalue weighted by molar-refractivity contribution is -0.114. The monoisotopic (exact) mass is 133 g/mol. The summed E-state index contributed by atoms with van der Waals surface area (Å²) in [7, 11) is 0. The molecule has 0 aliphatic rings. The van der Waals surface area contributed by atoms with E-state index in [9.17, 15) is 4.79 Å². The van der Waals surface area contributed by atoms with Crippen LogP contribution in [0.15, 0.2) is 18.2 Å². The van der Waals surface area contributed by atoms with Gasteiger partial charge in [0.05, 0.1) is 0 Å². The molecule has 2 nitrogen and oxygen atoms in total. The van der Waals surface area contributed by atoms with Gasteiger partial charge in [0.15, 0.2) is 0 Å². The second kappa shape index (κ2) is 3.01. The van der Waals surface area contributed by atoms with Gasteiger partial charge in [0.1, 0.15) is 0 Å². The van der Waals surface area contributed by atoms with Gasteiger partial charge in [-0.2, -0.15) is 0 Å². The predicted octanol–water partition coefficient (Wildman–Crippen LogP) is 1.25. The largest absolute Gasteiger partial charge is 0.326 e. The Kier molecular flexibility index (Phi) is 2.05. The van der Waals surface area contributed by atoms with Crippen LogP contribution >= 0.6 is 0 Å². The lowest BCUT2D eigenvalue weighted by atomic mass is 10.3. The normalized spacial score (nSPS) is 8.90. The third-order valence-corrected chi connectivity index (χ3v) is 0.965. The first-order valence-electron chi connectivity index (χ1n) is 2.94. The van der Waals surface area contributed by atoms with Crippen LogP contribution in [-0.4, -0.2) is 5.91 Å². The van der Waals surface area contributed by atoms with Crippen molar-refractivity contribution in [1.29, 1.82) is 0 Å². The summed E-state index contributed by atoms with van der Waals surface area (Å²) in [6.45, 7) is 1.47. The Bertz CT molecular complexity index is 218. The molecule has 0 aromatic heterocycles. The first kappa shape index (κ1) is 6.81. The maximum atomic E-state index is 10.5. The number of nitrogens with one attached hydrogen (secondary N) is 1. The van der Waals surface area contributed by atoms with Crippen molar-refractivity contribution >= 4 is 11.6 Å². The molecule has 0 aliphatic carbocycles. The molecule has 0 saturated heterocycles. The minimum absolute atomic E-state index is 0.0759. The fourth-order valence-electron chi connectivity index (χ4n) is 0.628. The van der Waals surface area contributed by atoms with E-state index in [1.807, 2.05) is 0 Å². The van der Waals surface area contributed by atoms with Crippen LogP contribution in [0.25, 0.3) is 0 Å². The topological polar surface area (TPSA) is 29.1 Å². The summed E-state index contributed by atoms with van der Waals surface area (Å²) in [5.41, 5.74) is 0.731. The molecule has 0 fully saturated rings. The number of anilines is 1. The number of rotatable bonds is 1. The lowest BCUT2D eigenvalue weighted by Gasteiger charge is -1.97. The lowest BCUT2D eigenvalue weighted by Crippen LogP contribution is -2.04. The summed E-state index contributed by atoms with van der Waals surface area (Å²) in [5.74, 6) is -0.0759. The summed E-state index contributed by atoms with van der Waals surface area (Å²) in [4.78, 5) is 10.5.